The number of imidazole rings is 1. The number of pyridine rings is 1. The number of piperidine rings is 1. The second kappa shape index (κ2) is 8.39. The van der Waals surface area contributed by atoms with Crippen LogP contribution in [0.5, 0.6) is 0 Å². The molecule has 0 bridgehead atoms. The number of H-pyrrole nitrogens is 1. The number of hydrogen-bond acceptors (Lipinski definition) is 9. The van der Waals surface area contributed by atoms with Gasteiger partial charge in [-0.1, -0.05) is 0 Å². The van der Waals surface area contributed by atoms with Crippen molar-refractivity contribution in [3.8, 4) is 11.3 Å². The van der Waals surface area contributed by atoms with Gasteiger partial charge < -0.3 is 20.9 Å². The number of benzene rings is 1. The first kappa shape index (κ1) is 21.2. The second-order valence-corrected chi connectivity index (χ2v) is 9.48. The Hall–Kier alpha value is -3.61. The molecule has 0 aliphatic carbocycles. The van der Waals surface area contributed by atoms with Gasteiger partial charge in [-0.15, -0.1) is 0 Å². The molecule has 170 valence electrons. The molecule has 4 aromatic rings. The SMILES string of the molecule is NC1CCN(c2ccc(-c3nc(Nc4ccc(S(N)(=O)=O)cc4)nc4nc[nH]c34)cn2)CC1. The molecule has 1 aliphatic heterocycles. The van der Waals surface area contributed by atoms with E-state index in [9.17, 15) is 8.42 Å². The molecule has 0 atom stereocenters. The molecule has 0 radical (unpaired) electrons. The van der Waals surface area contributed by atoms with Crippen LogP contribution >= 0.6 is 0 Å². The number of aromatic nitrogens is 5. The summed E-state index contributed by atoms with van der Waals surface area (Å²) in [4.78, 5) is 23.4. The lowest BCUT2D eigenvalue weighted by atomic mass is 10.1. The van der Waals surface area contributed by atoms with Gasteiger partial charge in [0, 0.05) is 36.6 Å². The van der Waals surface area contributed by atoms with E-state index in [-0.39, 0.29) is 10.9 Å². The van der Waals surface area contributed by atoms with E-state index in [1.54, 1.807) is 24.7 Å². The first-order valence-electron chi connectivity index (χ1n) is 10.4. The summed E-state index contributed by atoms with van der Waals surface area (Å²) in [6, 6.07) is 10.2. The standard InChI is InChI=1S/C21H23N9O2S/c22-14-7-9-30(10-8-14)17-6-1-13(11-24-17)18-19-20(26-12-25-19)29-21(28-18)27-15-2-4-16(5-3-15)33(23,31)32/h1-6,11-12,14H,7-10,22H2,(H2,23,31,32)(H2,25,26,27,28,29). The van der Waals surface area contributed by atoms with E-state index in [0.717, 1.165) is 37.3 Å². The van der Waals surface area contributed by atoms with Crippen LogP contribution in [-0.4, -0.2) is 52.5 Å². The molecule has 11 nitrogen and oxygen atoms in total. The van der Waals surface area contributed by atoms with Crippen molar-refractivity contribution in [2.24, 2.45) is 10.9 Å². The first-order valence-corrected chi connectivity index (χ1v) is 12.0. The minimum Gasteiger partial charge on any atom is -0.357 e. The van der Waals surface area contributed by atoms with Gasteiger partial charge in [0.05, 0.1) is 11.2 Å². The fraction of sp³-hybridized carbons (Fsp3) is 0.238. The van der Waals surface area contributed by atoms with Crippen molar-refractivity contribution in [3.05, 3.63) is 48.9 Å². The Labute approximate surface area is 190 Å². The highest BCUT2D eigenvalue weighted by atomic mass is 32.2. The number of nitrogens with two attached hydrogens (primary N) is 2. The molecule has 1 saturated heterocycles. The van der Waals surface area contributed by atoms with Crippen LogP contribution in [0.15, 0.2) is 53.8 Å². The number of sulfonamides is 1. The highest BCUT2D eigenvalue weighted by Crippen LogP contribution is 2.28. The molecule has 1 aromatic carbocycles. The van der Waals surface area contributed by atoms with E-state index in [4.69, 9.17) is 10.9 Å². The number of hydrogen-bond donors (Lipinski definition) is 4. The lowest BCUT2D eigenvalue weighted by Gasteiger charge is -2.31. The summed E-state index contributed by atoms with van der Waals surface area (Å²) in [5.74, 6) is 1.23. The minimum absolute atomic E-state index is 0.0271. The van der Waals surface area contributed by atoms with Crippen LogP contribution in [0.4, 0.5) is 17.5 Å². The van der Waals surface area contributed by atoms with E-state index >= 15 is 0 Å². The highest BCUT2D eigenvalue weighted by molar-refractivity contribution is 7.89. The van der Waals surface area contributed by atoms with E-state index < -0.39 is 10.0 Å². The van der Waals surface area contributed by atoms with Gasteiger partial charge in [-0.2, -0.15) is 4.98 Å². The number of rotatable bonds is 5. The molecule has 0 amide bonds. The molecule has 5 rings (SSSR count). The molecule has 0 unspecified atom stereocenters. The van der Waals surface area contributed by atoms with E-state index in [1.165, 1.54) is 12.1 Å². The lowest BCUT2D eigenvalue weighted by molar-refractivity contribution is 0.498. The van der Waals surface area contributed by atoms with Crippen LogP contribution in [0.1, 0.15) is 12.8 Å². The number of primary sulfonamides is 1. The van der Waals surface area contributed by atoms with Gasteiger partial charge in [-0.3, -0.25) is 0 Å². The van der Waals surface area contributed by atoms with Gasteiger partial charge in [0.15, 0.2) is 5.65 Å². The zero-order valence-corrected chi connectivity index (χ0v) is 18.5. The van der Waals surface area contributed by atoms with Crippen LogP contribution in [0, 0.1) is 0 Å². The third kappa shape index (κ3) is 4.49. The molecule has 6 N–H and O–H groups in total. The molecule has 4 heterocycles. The van der Waals surface area contributed by atoms with Crippen LogP contribution < -0.4 is 21.1 Å². The number of nitrogens with zero attached hydrogens (tertiary/aromatic N) is 5. The maximum Gasteiger partial charge on any atom is 0.238 e. The van der Waals surface area contributed by atoms with Crippen molar-refractivity contribution >= 4 is 38.6 Å². The van der Waals surface area contributed by atoms with Crippen LogP contribution in [-0.2, 0) is 10.0 Å². The van der Waals surface area contributed by atoms with Gasteiger partial charge in [0.2, 0.25) is 16.0 Å². The van der Waals surface area contributed by atoms with Crippen molar-refractivity contribution < 1.29 is 8.42 Å². The number of fused-ring (bicyclic) bond motifs is 1. The maximum atomic E-state index is 11.5. The predicted molar refractivity (Wildman–Crippen MR) is 125 cm³/mol. The maximum absolute atomic E-state index is 11.5. The molecule has 12 heteroatoms. The van der Waals surface area contributed by atoms with E-state index in [0.29, 0.717) is 28.5 Å². The Morgan fingerprint density at radius 1 is 1.03 bits per heavy atom. The Balaban J connectivity index is 1.43. The third-order valence-electron chi connectivity index (χ3n) is 5.61. The Morgan fingerprint density at radius 3 is 2.45 bits per heavy atom. The van der Waals surface area contributed by atoms with E-state index in [2.05, 4.69) is 35.1 Å². The zero-order valence-electron chi connectivity index (χ0n) is 17.6. The Morgan fingerprint density at radius 2 is 1.79 bits per heavy atom. The molecular formula is C21H23N9O2S. The van der Waals surface area contributed by atoms with Gasteiger partial charge in [0.25, 0.3) is 0 Å². The number of anilines is 3. The molecule has 0 spiro atoms. The van der Waals surface area contributed by atoms with Crippen LogP contribution in [0.3, 0.4) is 0 Å². The largest absolute Gasteiger partial charge is 0.357 e. The number of nitrogens with one attached hydrogen (secondary N) is 2. The second-order valence-electron chi connectivity index (χ2n) is 7.92. The van der Waals surface area contributed by atoms with Crippen molar-refractivity contribution in [1.82, 2.24) is 24.9 Å². The predicted octanol–water partition coefficient (Wildman–Crippen LogP) is 1.73. The van der Waals surface area contributed by atoms with Crippen molar-refractivity contribution in [2.75, 3.05) is 23.3 Å². The first-order chi connectivity index (χ1) is 15.9. The summed E-state index contributed by atoms with van der Waals surface area (Å²) < 4.78 is 22.9. The van der Waals surface area contributed by atoms with Crippen LogP contribution in [0.25, 0.3) is 22.4 Å². The summed E-state index contributed by atoms with van der Waals surface area (Å²) in [6.07, 6.45) is 5.26. The molecule has 3 aromatic heterocycles. The summed E-state index contributed by atoms with van der Waals surface area (Å²) in [5.41, 5.74) is 9.28. The molecule has 0 saturated carbocycles. The zero-order chi connectivity index (χ0) is 23.0. The monoisotopic (exact) mass is 465 g/mol. The smallest absolute Gasteiger partial charge is 0.238 e. The van der Waals surface area contributed by atoms with Crippen molar-refractivity contribution in [1.29, 1.82) is 0 Å². The van der Waals surface area contributed by atoms with Gasteiger partial charge in [-0.05, 0) is 49.2 Å². The molecule has 1 fully saturated rings. The molecular weight excluding hydrogens is 442 g/mol. The lowest BCUT2D eigenvalue weighted by Crippen LogP contribution is -2.40. The topological polar surface area (TPSA) is 169 Å². The Kier molecular flexibility index (Phi) is 5.40. The Bertz CT molecular complexity index is 1380. The normalized spacial score (nSPS) is 15.2. The molecule has 1 aliphatic rings. The van der Waals surface area contributed by atoms with Gasteiger partial charge in [-0.25, -0.2) is 28.5 Å². The van der Waals surface area contributed by atoms with Crippen molar-refractivity contribution in [2.45, 2.75) is 23.8 Å². The third-order valence-corrected chi connectivity index (χ3v) is 6.54. The fourth-order valence-corrected chi connectivity index (χ4v) is 4.31. The van der Waals surface area contributed by atoms with Gasteiger partial charge in [0.1, 0.15) is 17.0 Å². The quantitative estimate of drug-likeness (QED) is 0.343. The molecule has 33 heavy (non-hydrogen) atoms. The van der Waals surface area contributed by atoms with Crippen LogP contribution in [0.2, 0.25) is 0 Å². The van der Waals surface area contributed by atoms with E-state index in [1.807, 2.05) is 12.1 Å². The average molecular weight is 466 g/mol. The van der Waals surface area contributed by atoms with Gasteiger partial charge >= 0.3 is 0 Å². The average Bonchev–Trinajstić information content (AvgIpc) is 3.28. The summed E-state index contributed by atoms with van der Waals surface area (Å²) in [5, 5.41) is 8.25. The summed E-state index contributed by atoms with van der Waals surface area (Å²) >= 11 is 0. The summed E-state index contributed by atoms with van der Waals surface area (Å²) in [7, 11) is -3.76. The summed E-state index contributed by atoms with van der Waals surface area (Å²) in [6.45, 7) is 1.79. The van der Waals surface area contributed by atoms with Crippen molar-refractivity contribution in [3.63, 3.8) is 0 Å². The minimum atomic E-state index is -3.76. The highest BCUT2D eigenvalue weighted by Gasteiger charge is 2.18. The number of aromatic amines is 1. The fourth-order valence-electron chi connectivity index (χ4n) is 3.80.